The zero-order valence-electron chi connectivity index (χ0n) is 22.3. The minimum Gasteiger partial charge on any atom is -0.369 e. The van der Waals surface area contributed by atoms with E-state index in [1.807, 2.05) is 30.3 Å². The molecule has 7 nitrogen and oxygen atoms in total. The van der Waals surface area contributed by atoms with Crippen LogP contribution in [-0.4, -0.2) is 44.7 Å². The van der Waals surface area contributed by atoms with E-state index in [-0.39, 0.29) is 23.3 Å². The molecule has 9 heteroatoms. The third-order valence-corrected chi connectivity index (χ3v) is 11.1. The number of sulfone groups is 1. The average Bonchev–Trinajstić information content (AvgIpc) is 3.43. The lowest BCUT2D eigenvalue weighted by atomic mass is 9.84. The lowest BCUT2D eigenvalue weighted by molar-refractivity contribution is -0.0994. The first-order valence-corrected chi connectivity index (χ1v) is 15.8. The average molecular weight is 564 g/mol. The number of hydrogen-bond donors (Lipinski definition) is 1. The molecule has 2 aliphatic heterocycles. The lowest BCUT2D eigenvalue weighted by Crippen LogP contribution is -2.46. The first-order valence-electron chi connectivity index (χ1n) is 13.4. The van der Waals surface area contributed by atoms with Crippen molar-refractivity contribution in [2.75, 3.05) is 25.4 Å². The van der Waals surface area contributed by atoms with Crippen LogP contribution in [0.15, 0.2) is 59.5 Å². The Hall–Kier alpha value is -3.03. The Bertz CT molecular complexity index is 1480. The topological polar surface area (TPSA) is 99.5 Å². The van der Waals surface area contributed by atoms with Crippen LogP contribution in [0.4, 0.5) is 0 Å². The molecule has 1 saturated heterocycles. The quantitative estimate of drug-likeness (QED) is 0.436. The molecule has 0 radical (unpaired) electrons. The van der Waals surface area contributed by atoms with E-state index in [4.69, 9.17) is 10.00 Å². The summed E-state index contributed by atoms with van der Waals surface area (Å²) in [5.41, 5.74) is 3.58. The van der Waals surface area contributed by atoms with Crippen molar-refractivity contribution in [2.45, 2.75) is 56.2 Å². The number of carbonyl (C=O) groups is 1. The van der Waals surface area contributed by atoms with Crippen molar-refractivity contribution in [3.05, 3.63) is 86.6 Å². The molecule has 0 aliphatic carbocycles. The third-order valence-electron chi connectivity index (χ3n) is 7.99. The molecule has 1 amide bonds. The molecule has 1 aromatic heterocycles. The van der Waals surface area contributed by atoms with Gasteiger partial charge in [-0.1, -0.05) is 31.2 Å². The van der Waals surface area contributed by atoms with Gasteiger partial charge < -0.3 is 10.1 Å². The zero-order valence-corrected chi connectivity index (χ0v) is 23.9. The number of ether oxygens (including phenoxy) is 1. The predicted octanol–water partition coefficient (Wildman–Crippen LogP) is 4.97. The van der Waals surface area contributed by atoms with E-state index in [1.54, 1.807) is 31.2 Å². The highest BCUT2D eigenvalue weighted by molar-refractivity contribution is 7.91. The zero-order chi connectivity index (χ0) is 27.6. The van der Waals surface area contributed by atoms with E-state index in [2.05, 4.69) is 23.2 Å². The van der Waals surface area contributed by atoms with Gasteiger partial charge in [0, 0.05) is 30.6 Å². The molecule has 1 atom stereocenters. The van der Waals surface area contributed by atoms with Crippen LogP contribution in [0.25, 0.3) is 0 Å². The Labute approximate surface area is 234 Å². The summed E-state index contributed by atoms with van der Waals surface area (Å²) in [6.45, 7) is 6.60. The van der Waals surface area contributed by atoms with Crippen molar-refractivity contribution in [1.29, 1.82) is 5.26 Å². The molecular formula is C30H33N3O4S2. The largest absolute Gasteiger partial charge is 0.369 e. The van der Waals surface area contributed by atoms with Gasteiger partial charge in [-0.3, -0.25) is 9.69 Å². The van der Waals surface area contributed by atoms with Gasteiger partial charge in [0.1, 0.15) is 5.60 Å². The van der Waals surface area contributed by atoms with Gasteiger partial charge in [-0.05, 0) is 73.2 Å². The van der Waals surface area contributed by atoms with E-state index in [1.165, 1.54) is 27.3 Å². The fourth-order valence-corrected chi connectivity index (χ4v) is 7.69. The second-order valence-corrected chi connectivity index (χ2v) is 13.6. The maximum Gasteiger partial charge on any atom is 0.261 e. The molecule has 1 N–H and O–H groups in total. The van der Waals surface area contributed by atoms with Crippen LogP contribution in [0.5, 0.6) is 0 Å². The molecule has 3 heterocycles. The van der Waals surface area contributed by atoms with E-state index in [9.17, 15) is 13.2 Å². The second-order valence-electron chi connectivity index (χ2n) is 10.2. The fraction of sp³-hybridized carbons (Fsp3) is 0.400. The van der Waals surface area contributed by atoms with Crippen molar-refractivity contribution in [1.82, 2.24) is 10.2 Å². The molecule has 0 bridgehead atoms. The van der Waals surface area contributed by atoms with Crippen molar-refractivity contribution < 1.29 is 17.9 Å². The predicted molar refractivity (Wildman–Crippen MR) is 151 cm³/mol. The lowest BCUT2D eigenvalue weighted by Gasteiger charge is -2.45. The monoisotopic (exact) mass is 563 g/mol. The number of nitriles is 1. The van der Waals surface area contributed by atoms with Crippen LogP contribution < -0.4 is 5.32 Å². The number of piperidine rings is 1. The van der Waals surface area contributed by atoms with E-state index in [0.717, 1.165) is 37.9 Å². The van der Waals surface area contributed by atoms with E-state index >= 15 is 0 Å². The Morgan fingerprint density at radius 1 is 1.15 bits per heavy atom. The summed E-state index contributed by atoms with van der Waals surface area (Å²) in [5, 5.41) is 12.1. The molecule has 2 aromatic carbocycles. The van der Waals surface area contributed by atoms with Crippen molar-refractivity contribution in [2.24, 2.45) is 0 Å². The maximum atomic E-state index is 13.1. The Kier molecular flexibility index (Phi) is 7.92. The van der Waals surface area contributed by atoms with Crippen LogP contribution in [-0.2, 0) is 33.1 Å². The number of carbonyl (C=O) groups excluding carboxylic acids is 1. The molecule has 1 fully saturated rings. The molecule has 2 aliphatic rings. The van der Waals surface area contributed by atoms with Crippen LogP contribution >= 0.6 is 11.3 Å². The van der Waals surface area contributed by atoms with Gasteiger partial charge in [-0.15, -0.1) is 11.3 Å². The highest BCUT2D eigenvalue weighted by Crippen LogP contribution is 2.46. The SMILES string of the molecule is CCS(=O)(=O)c1ccc(CNC(=O)c2cc3c(s2)C2(CCN([C@H](C)c4ccc(C#N)cc4)CC2)OCC3)cc1. The number of thiophene rings is 1. The normalized spacial score (nSPS) is 17.8. The number of amides is 1. The molecule has 1 spiro atoms. The van der Waals surface area contributed by atoms with E-state index < -0.39 is 9.84 Å². The minimum absolute atomic E-state index is 0.0610. The summed E-state index contributed by atoms with van der Waals surface area (Å²) in [5.74, 6) is -0.0624. The number of rotatable bonds is 7. The van der Waals surface area contributed by atoms with Gasteiger partial charge >= 0.3 is 0 Å². The molecular weight excluding hydrogens is 530 g/mol. The third kappa shape index (κ3) is 5.66. The summed E-state index contributed by atoms with van der Waals surface area (Å²) >= 11 is 1.54. The van der Waals surface area contributed by atoms with Gasteiger partial charge in [0.05, 0.1) is 33.8 Å². The van der Waals surface area contributed by atoms with Gasteiger partial charge in [-0.2, -0.15) is 5.26 Å². The van der Waals surface area contributed by atoms with Gasteiger partial charge in [-0.25, -0.2) is 8.42 Å². The summed E-state index contributed by atoms with van der Waals surface area (Å²) in [4.78, 5) is 17.7. The number of fused-ring (bicyclic) bond motifs is 2. The smallest absolute Gasteiger partial charge is 0.261 e. The Balaban J connectivity index is 1.23. The molecule has 5 rings (SSSR count). The Morgan fingerprint density at radius 2 is 1.85 bits per heavy atom. The highest BCUT2D eigenvalue weighted by atomic mass is 32.2. The number of likely N-dealkylation sites (tertiary alicyclic amines) is 1. The number of nitrogens with zero attached hydrogens (tertiary/aromatic N) is 2. The van der Waals surface area contributed by atoms with Gasteiger partial charge in [0.2, 0.25) is 0 Å². The number of benzene rings is 2. The molecule has 204 valence electrons. The molecule has 39 heavy (non-hydrogen) atoms. The first-order chi connectivity index (χ1) is 18.7. The fourth-order valence-electron chi connectivity index (χ4n) is 5.48. The van der Waals surface area contributed by atoms with Crippen molar-refractivity contribution >= 4 is 27.1 Å². The first kappa shape index (κ1) is 27.5. The summed E-state index contributed by atoms with van der Waals surface area (Å²) in [7, 11) is -3.24. The molecule has 0 saturated carbocycles. The standard InChI is InChI=1S/C30H33N3O4S2/c1-3-39(35,36)26-10-6-23(7-11-26)20-32-29(34)27-18-25-12-17-37-30(28(25)38-27)13-15-33(16-14-30)21(2)24-8-4-22(19-31)5-9-24/h4-11,18,21H,3,12-17,20H2,1-2H3,(H,32,34)/t21-/m1/s1. The number of hydrogen-bond acceptors (Lipinski definition) is 7. The van der Waals surface area contributed by atoms with Gasteiger partial charge in [0.15, 0.2) is 9.84 Å². The Morgan fingerprint density at radius 3 is 2.49 bits per heavy atom. The van der Waals surface area contributed by atoms with E-state index in [0.29, 0.717) is 28.5 Å². The minimum atomic E-state index is -3.24. The number of nitrogens with one attached hydrogen (secondary N) is 1. The molecule has 3 aromatic rings. The van der Waals surface area contributed by atoms with Crippen LogP contribution in [0.2, 0.25) is 0 Å². The summed E-state index contributed by atoms with van der Waals surface area (Å²) < 4.78 is 30.5. The summed E-state index contributed by atoms with van der Waals surface area (Å²) in [6.07, 6.45) is 2.55. The van der Waals surface area contributed by atoms with Crippen LogP contribution in [0.1, 0.15) is 69.5 Å². The van der Waals surface area contributed by atoms with Gasteiger partial charge in [0.25, 0.3) is 5.91 Å². The summed E-state index contributed by atoms with van der Waals surface area (Å²) in [6, 6.07) is 19.0. The highest BCUT2D eigenvalue weighted by Gasteiger charge is 2.43. The second kappa shape index (κ2) is 11.2. The van der Waals surface area contributed by atoms with Crippen LogP contribution in [0.3, 0.4) is 0 Å². The maximum absolute atomic E-state index is 13.1. The van der Waals surface area contributed by atoms with Crippen molar-refractivity contribution in [3.63, 3.8) is 0 Å². The molecule has 0 unspecified atom stereocenters. The van der Waals surface area contributed by atoms with Crippen LogP contribution in [0, 0.1) is 11.3 Å². The van der Waals surface area contributed by atoms with Crippen molar-refractivity contribution in [3.8, 4) is 6.07 Å².